The number of hydrogen-bond acceptors (Lipinski definition) is 5. The molecule has 2 aliphatic carbocycles. The number of anilines is 3. The SMILES string of the molecule is CC1(C)c2ccccc2-c2ccc(N(c3ccccc3)c3cc(OS(=O)(=O)C(F)(F)F)cc4c3oc3ccc(-c5ccc6c(c5)-c5ccccc5C6(c5ccccc5)c5ccc6ccccc6c5)cc34)cc21. The molecular formula is C63H42F3NO4S. The van der Waals surface area contributed by atoms with Crippen LogP contribution in [0.5, 0.6) is 5.75 Å². The van der Waals surface area contributed by atoms with Gasteiger partial charge in [-0.15, -0.1) is 0 Å². The maximum atomic E-state index is 14.1. The highest BCUT2D eigenvalue weighted by Crippen LogP contribution is 2.58. The van der Waals surface area contributed by atoms with Crippen LogP contribution in [0.1, 0.15) is 47.2 Å². The number of para-hydroxylation sites is 1. The van der Waals surface area contributed by atoms with E-state index in [4.69, 9.17) is 8.60 Å². The smallest absolute Gasteiger partial charge is 0.454 e. The molecule has 72 heavy (non-hydrogen) atoms. The summed E-state index contributed by atoms with van der Waals surface area (Å²) < 4.78 is 79.7. The molecule has 9 heteroatoms. The number of hydrogen-bond donors (Lipinski definition) is 0. The number of halogens is 3. The second kappa shape index (κ2) is 15.8. The van der Waals surface area contributed by atoms with E-state index in [1.54, 1.807) is 0 Å². The Balaban J connectivity index is 1.01. The minimum Gasteiger partial charge on any atom is -0.454 e. The van der Waals surface area contributed by atoms with Gasteiger partial charge in [-0.25, -0.2) is 0 Å². The number of alkyl halides is 3. The Labute approximate surface area is 414 Å². The molecule has 1 heterocycles. The van der Waals surface area contributed by atoms with Crippen LogP contribution in [0.2, 0.25) is 0 Å². The molecule has 5 nitrogen and oxygen atoms in total. The van der Waals surface area contributed by atoms with E-state index in [0.717, 1.165) is 66.4 Å². The molecule has 0 bridgehead atoms. The molecule has 0 amide bonds. The Kier molecular flexibility index (Phi) is 9.57. The van der Waals surface area contributed by atoms with Crippen molar-refractivity contribution in [3.05, 3.63) is 252 Å². The summed E-state index contributed by atoms with van der Waals surface area (Å²) in [5.41, 5.74) is 8.72. The van der Waals surface area contributed by atoms with Gasteiger partial charge in [-0.1, -0.05) is 172 Å². The first-order chi connectivity index (χ1) is 34.8. The maximum absolute atomic E-state index is 14.1. The van der Waals surface area contributed by atoms with Crippen molar-refractivity contribution in [3.8, 4) is 39.1 Å². The van der Waals surface area contributed by atoms with E-state index < -0.39 is 26.8 Å². The van der Waals surface area contributed by atoms with E-state index in [9.17, 15) is 21.6 Å². The molecule has 10 aromatic carbocycles. The highest BCUT2D eigenvalue weighted by Gasteiger charge is 2.49. The van der Waals surface area contributed by atoms with Crippen LogP contribution in [0.15, 0.2) is 223 Å². The molecule has 11 aromatic rings. The van der Waals surface area contributed by atoms with Gasteiger partial charge in [0.2, 0.25) is 0 Å². The second-order valence-corrected chi connectivity index (χ2v) is 20.7. The van der Waals surface area contributed by atoms with Crippen molar-refractivity contribution >= 4 is 59.9 Å². The third kappa shape index (κ3) is 6.50. The van der Waals surface area contributed by atoms with Crippen molar-refractivity contribution in [2.45, 2.75) is 30.2 Å². The summed E-state index contributed by atoms with van der Waals surface area (Å²) >= 11 is 0. The molecule has 0 fully saturated rings. The second-order valence-electron chi connectivity index (χ2n) is 19.2. The van der Waals surface area contributed by atoms with Gasteiger partial charge in [0.05, 0.1) is 11.1 Å². The molecule has 1 unspecified atom stereocenters. The first-order valence-electron chi connectivity index (χ1n) is 23.7. The fraction of sp³-hybridized carbons (Fsp3) is 0.0794. The number of benzene rings is 10. The lowest BCUT2D eigenvalue weighted by molar-refractivity contribution is -0.0500. The largest absolute Gasteiger partial charge is 0.534 e. The van der Waals surface area contributed by atoms with Crippen LogP contribution in [0.4, 0.5) is 30.2 Å². The summed E-state index contributed by atoms with van der Waals surface area (Å²) in [7, 11) is -6.07. The lowest BCUT2D eigenvalue weighted by Crippen LogP contribution is -2.28. The molecule has 0 spiro atoms. The lowest BCUT2D eigenvalue weighted by atomic mass is 9.67. The van der Waals surface area contributed by atoms with E-state index in [1.807, 2.05) is 77.7 Å². The van der Waals surface area contributed by atoms with Crippen molar-refractivity contribution in [3.63, 3.8) is 0 Å². The van der Waals surface area contributed by atoms with Crippen molar-refractivity contribution in [2.24, 2.45) is 0 Å². The van der Waals surface area contributed by atoms with Gasteiger partial charge in [0.1, 0.15) is 11.3 Å². The molecular weight excluding hydrogens is 924 g/mol. The van der Waals surface area contributed by atoms with Gasteiger partial charge >= 0.3 is 15.6 Å². The average Bonchev–Trinajstić information content (AvgIpc) is 3.99. The minimum atomic E-state index is -6.07. The van der Waals surface area contributed by atoms with E-state index in [0.29, 0.717) is 33.3 Å². The molecule has 1 aromatic heterocycles. The van der Waals surface area contributed by atoms with E-state index in [-0.39, 0.29) is 11.1 Å². The zero-order valence-corrected chi connectivity index (χ0v) is 39.7. The van der Waals surface area contributed by atoms with Crippen LogP contribution in [0.3, 0.4) is 0 Å². The van der Waals surface area contributed by atoms with Crippen molar-refractivity contribution < 1.29 is 30.2 Å². The van der Waals surface area contributed by atoms with Crippen molar-refractivity contribution in [2.75, 3.05) is 4.90 Å². The van der Waals surface area contributed by atoms with Gasteiger partial charge in [-0.2, -0.15) is 21.6 Å². The fourth-order valence-corrected chi connectivity index (χ4v) is 12.0. The van der Waals surface area contributed by atoms with Gasteiger partial charge < -0.3 is 13.5 Å². The van der Waals surface area contributed by atoms with Crippen LogP contribution < -0.4 is 9.08 Å². The first kappa shape index (κ1) is 43.6. The van der Waals surface area contributed by atoms with Crippen LogP contribution in [-0.2, 0) is 20.9 Å². The van der Waals surface area contributed by atoms with Crippen LogP contribution in [0, 0.1) is 0 Å². The summed E-state index contributed by atoms with van der Waals surface area (Å²) in [6.07, 6.45) is 0. The third-order valence-corrected chi connectivity index (χ3v) is 15.8. The highest BCUT2D eigenvalue weighted by molar-refractivity contribution is 7.88. The van der Waals surface area contributed by atoms with Crippen LogP contribution >= 0.6 is 0 Å². The van der Waals surface area contributed by atoms with Crippen molar-refractivity contribution in [1.29, 1.82) is 0 Å². The Morgan fingerprint density at radius 1 is 0.486 bits per heavy atom. The Morgan fingerprint density at radius 3 is 1.88 bits per heavy atom. The molecule has 350 valence electrons. The average molecular weight is 966 g/mol. The van der Waals surface area contributed by atoms with Gasteiger partial charge in [0, 0.05) is 33.6 Å². The number of fused-ring (bicyclic) bond motifs is 10. The number of furan rings is 1. The van der Waals surface area contributed by atoms with E-state index in [2.05, 4.69) is 147 Å². The molecule has 0 aliphatic heterocycles. The molecule has 1 atom stereocenters. The quantitative estimate of drug-likeness (QED) is 0.112. The number of nitrogens with zero attached hydrogens (tertiary/aromatic N) is 1. The first-order valence-corrected chi connectivity index (χ1v) is 25.1. The minimum absolute atomic E-state index is 0.289. The predicted octanol–water partition coefficient (Wildman–Crippen LogP) is 16.8. The van der Waals surface area contributed by atoms with Gasteiger partial charge in [0.15, 0.2) is 5.58 Å². The lowest BCUT2D eigenvalue weighted by Gasteiger charge is -2.34. The molecule has 0 radical (unpaired) electrons. The molecule has 0 saturated carbocycles. The summed E-state index contributed by atoms with van der Waals surface area (Å²) in [4.78, 5) is 1.88. The highest BCUT2D eigenvalue weighted by atomic mass is 32.2. The normalized spacial score (nSPS) is 15.6. The van der Waals surface area contributed by atoms with Gasteiger partial charge in [0.25, 0.3) is 0 Å². The fourth-order valence-electron chi connectivity index (χ4n) is 11.6. The Morgan fingerprint density at radius 2 is 1.11 bits per heavy atom. The maximum Gasteiger partial charge on any atom is 0.534 e. The molecule has 0 N–H and O–H groups in total. The Hall–Kier alpha value is -8.40. The Bertz CT molecular complexity index is 4130. The summed E-state index contributed by atoms with van der Waals surface area (Å²) in [5.74, 6) is -0.516. The third-order valence-electron chi connectivity index (χ3n) is 14.9. The topological polar surface area (TPSA) is 59.8 Å². The van der Waals surface area contributed by atoms with Gasteiger partial charge in [-0.3, -0.25) is 0 Å². The van der Waals surface area contributed by atoms with Gasteiger partial charge in [-0.05, 0) is 132 Å². The molecule has 0 saturated heterocycles. The summed E-state index contributed by atoms with van der Waals surface area (Å²) in [6.45, 7) is 4.34. The summed E-state index contributed by atoms with van der Waals surface area (Å²) in [5, 5.41) is 3.24. The van der Waals surface area contributed by atoms with Crippen LogP contribution in [0.25, 0.3) is 66.1 Å². The van der Waals surface area contributed by atoms with E-state index >= 15 is 0 Å². The van der Waals surface area contributed by atoms with Crippen molar-refractivity contribution in [1.82, 2.24) is 0 Å². The monoisotopic (exact) mass is 965 g/mol. The van der Waals surface area contributed by atoms with Crippen LogP contribution in [-0.4, -0.2) is 13.9 Å². The van der Waals surface area contributed by atoms with E-state index in [1.165, 1.54) is 23.3 Å². The predicted molar refractivity (Wildman–Crippen MR) is 282 cm³/mol. The standard InChI is InChI=1S/C63H42F3NO4S/c1-61(2)54-23-13-11-21-48(54)50-30-29-46(36-57(50)61)67(45-19-7-4-8-20-45)58-38-47(71-72(68,69)63(64,65)66)37-53-52-35-42(27-32-59(52)70-60(53)58)41-26-31-56-51(34-41)49-22-12-14-24-55(49)62(56,43-17-5-3-6-18-43)44-28-25-39-15-9-10-16-40(39)33-44/h3-38H,1-2H3. The number of rotatable bonds is 8. The molecule has 13 rings (SSSR count). The zero-order chi connectivity index (χ0) is 49.1. The zero-order valence-electron chi connectivity index (χ0n) is 38.9. The summed E-state index contributed by atoms with van der Waals surface area (Å²) in [6, 6.07) is 73.0. The molecule has 2 aliphatic rings.